The van der Waals surface area contributed by atoms with E-state index < -0.39 is 11.4 Å². The maximum absolute atomic E-state index is 14.5. The average Bonchev–Trinajstić information content (AvgIpc) is 2.73. The van der Waals surface area contributed by atoms with Gasteiger partial charge in [0, 0.05) is 28.9 Å². The molecule has 0 radical (unpaired) electrons. The molecule has 3 aromatic rings. The van der Waals surface area contributed by atoms with E-state index in [0.717, 1.165) is 5.56 Å². The van der Waals surface area contributed by atoms with Gasteiger partial charge in [-0.15, -0.1) is 0 Å². The SMILES string of the molecule is CC(C)(O)COc1ccc(N2COc3cc(-c4ccc(Cl)cc4)ncc3C2=O)cc1F. The molecule has 0 saturated heterocycles. The van der Waals surface area contributed by atoms with Crippen LogP contribution < -0.4 is 14.4 Å². The number of hydrogen-bond acceptors (Lipinski definition) is 5. The number of pyridine rings is 1. The molecule has 2 heterocycles. The largest absolute Gasteiger partial charge is 0.488 e. The standard InChI is InChI=1S/C23H20ClFN2O4/c1-23(2,29)12-30-20-8-7-16(9-18(20)25)27-13-31-21-10-19(26-11-17(21)22(27)28)14-3-5-15(24)6-4-14/h3-11,29H,12-13H2,1-2H3. The summed E-state index contributed by atoms with van der Waals surface area (Å²) >= 11 is 5.93. The third-order valence-electron chi connectivity index (χ3n) is 4.64. The van der Waals surface area contributed by atoms with Crippen LogP contribution in [0.25, 0.3) is 11.3 Å². The molecule has 4 rings (SSSR count). The lowest BCUT2D eigenvalue weighted by atomic mass is 10.1. The molecule has 0 atom stereocenters. The van der Waals surface area contributed by atoms with Gasteiger partial charge in [0.15, 0.2) is 18.3 Å². The van der Waals surface area contributed by atoms with Crippen LogP contribution in [0.3, 0.4) is 0 Å². The highest BCUT2D eigenvalue weighted by atomic mass is 35.5. The molecule has 1 aromatic heterocycles. The maximum Gasteiger partial charge on any atom is 0.266 e. The normalized spacial score (nSPS) is 13.6. The zero-order valence-corrected chi connectivity index (χ0v) is 17.7. The summed E-state index contributed by atoms with van der Waals surface area (Å²) < 4.78 is 25.5. The number of benzene rings is 2. The van der Waals surface area contributed by atoms with Gasteiger partial charge in [-0.1, -0.05) is 23.7 Å². The van der Waals surface area contributed by atoms with Crippen LogP contribution in [0, 0.1) is 5.82 Å². The molecular formula is C23H20ClFN2O4. The van der Waals surface area contributed by atoms with E-state index in [1.165, 1.54) is 23.2 Å². The van der Waals surface area contributed by atoms with E-state index in [1.54, 1.807) is 38.1 Å². The second-order valence-corrected chi connectivity index (χ2v) is 8.23. The molecule has 0 fully saturated rings. The number of aliphatic hydroxyl groups is 1. The summed E-state index contributed by atoms with van der Waals surface area (Å²) in [5.74, 6) is -0.588. The van der Waals surface area contributed by atoms with E-state index in [1.807, 2.05) is 12.1 Å². The van der Waals surface area contributed by atoms with Gasteiger partial charge in [0.25, 0.3) is 5.91 Å². The molecule has 0 aliphatic carbocycles. The minimum absolute atomic E-state index is 0.00840. The number of halogens is 2. The minimum Gasteiger partial charge on any atom is -0.488 e. The molecule has 0 spiro atoms. The van der Waals surface area contributed by atoms with Crippen LogP contribution in [0.15, 0.2) is 54.7 Å². The first-order valence-corrected chi connectivity index (χ1v) is 9.94. The van der Waals surface area contributed by atoms with Crippen LogP contribution >= 0.6 is 11.6 Å². The topological polar surface area (TPSA) is 71.9 Å². The van der Waals surface area contributed by atoms with Crippen LogP contribution in [0.5, 0.6) is 11.5 Å². The van der Waals surface area contributed by atoms with E-state index >= 15 is 0 Å². The Bertz CT molecular complexity index is 1130. The number of carbonyl (C=O) groups is 1. The van der Waals surface area contributed by atoms with Gasteiger partial charge in [-0.3, -0.25) is 14.7 Å². The lowest BCUT2D eigenvalue weighted by Crippen LogP contribution is -2.38. The summed E-state index contributed by atoms with van der Waals surface area (Å²) in [6.45, 7) is 2.99. The Morgan fingerprint density at radius 1 is 1.23 bits per heavy atom. The van der Waals surface area contributed by atoms with E-state index in [-0.39, 0.29) is 30.6 Å². The fraction of sp³-hybridized carbons (Fsp3) is 0.217. The fourth-order valence-corrected chi connectivity index (χ4v) is 3.18. The van der Waals surface area contributed by atoms with Gasteiger partial charge in [0.1, 0.15) is 17.9 Å². The van der Waals surface area contributed by atoms with E-state index in [2.05, 4.69) is 4.98 Å². The van der Waals surface area contributed by atoms with Crippen molar-refractivity contribution in [2.75, 3.05) is 18.2 Å². The maximum atomic E-state index is 14.5. The van der Waals surface area contributed by atoms with Crippen LogP contribution in [0.2, 0.25) is 5.02 Å². The van der Waals surface area contributed by atoms with Gasteiger partial charge in [0.05, 0.1) is 17.0 Å². The van der Waals surface area contributed by atoms with Crippen molar-refractivity contribution < 1.29 is 23.8 Å². The molecule has 2 aromatic carbocycles. The van der Waals surface area contributed by atoms with Crippen molar-refractivity contribution in [3.8, 4) is 22.8 Å². The lowest BCUT2D eigenvalue weighted by Gasteiger charge is -2.29. The molecule has 31 heavy (non-hydrogen) atoms. The van der Waals surface area contributed by atoms with E-state index in [0.29, 0.717) is 22.2 Å². The molecule has 0 saturated carbocycles. The van der Waals surface area contributed by atoms with Crippen LogP contribution in [0.1, 0.15) is 24.2 Å². The van der Waals surface area contributed by atoms with Crippen molar-refractivity contribution >= 4 is 23.2 Å². The van der Waals surface area contributed by atoms with Gasteiger partial charge in [-0.2, -0.15) is 0 Å². The third-order valence-corrected chi connectivity index (χ3v) is 4.89. The molecule has 160 valence electrons. The molecule has 1 N–H and O–H groups in total. The van der Waals surface area contributed by atoms with Gasteiger partial charge >= 0.3 is 0 Å². The number of amides is 1. The average molecular weight is 443 g/mol. The predicted molar refractivity (Wildman–Crippen MR) is 115 cm³/mol. The minimum atomic E-state index is -1.09. The van der Waals surface area contributed by atoms with Crippen molar-refractivity contribution in [2.24, 2.45) is 0 Å². The Hall–Kier alpha value is -3.16. The summed E-state index contributed by atoms with van der Waals surface area (Å²) in [6, 6.07) is 13.1. The molecule has 8 heteroatoms. The number of ether oxygens (including phenoxy) is 2. The highest BCUT2D eigenvalue weighted by molar-refractivity contribution is 6.30. The van der Waals surface area contributed by atoms with Gasteiger partial charge in [-0.05, 0) is 38.1 Å². The van der Waals surface area contributed by atoms with Crippen molar-refractivity contribution in [1.82, 2.24) is 4.98 Å². The van der Waals surface area contributed by atoms with Gasteiger partial charge < -0.3 is 14.6 Å². The zero-order chi connectivity index (χ0) is 22.2. The fourth-order valence-electron chi connectivity index (χ4n) is 3.05. The molecule has 1 aliphatic heterocycles. The van der Waals surface area contributed by atoms with E-state index in [4.69, 9.17) is 21.1 Å². The first-order valence-electron chi connectivity index (χ1n) is 9.57. The molecular weight excluding hydrogens is 423 g/mol. The van der Waals surface area contributed by atoms with Crippen LogP contribution in [-0.2, 0) is 0 Å². The summed E-state index contributed by atoms with van der Waals surface area (Å²) in [6.07, 6.45) is 1.45. The quantitative estimate of drug-likeness (QED) is 0.620. The Kier molecular flexibility index (Phi) is 5.56. The monoisotopic (exact) mass is 442 g/mol. The Labute approximate surface area is 183 Å². The summed E-state index contributed by atoms with van der Waals surface area (Å²) in [5.41, 5.74) is 1.01. The lowest BCUT2D eigenvalue weighted by molar-refractivity contribution is 0.0272. The second-order valence-electron chi connectivity index (χ2n) is 7.80. The third kappa shape index (κ3) is 4.62. The number of aromatic nitrogens is 1. The Morgan fingerprint density at radius 3 is 2.65 bits per heavy atom. The second kappa shape index (κ2) is 8.17. The number of fused-ring (bicyclic) bond motifs is 1. The molecule has 1 aliphatic rings. The van der Waals surface area contributed by atoms with Gasteiger partial charge in [0.2, 0.25) is 0 Å². The smallest absolute Gasteiger partial charge is 0.266 e. The first kappa shape index (κ1) is 21.1. The number of rotatable bonds is 5. The predicted octanol–water partition coefficient (Wildman–Crippen LogP) is 4.69. The number of anilines is 1. The summed E-state index contributed by atoms with van der Waals surface area (Å²) in [7, 11) is 0. The molecule has 0 bridgehead atoms. The molecule has 1 amide bonds. The Morgan fingerprint density at radius 2 is 1.97 bits per heavy atom. The molecule has 0 unspecified atom stereocenters. The van der Waals surface area contributed by atoms with Crippen LogP contribution in [0.4, 0.5) is 10.1 Å². The van der Waals surface area contributed by atoms with Crippen molar-refractivity contribution in [3.05, 3.63) is 71.1 Å². The van der Waals surface area contributed by atoms with E-state index in [9.17, 15) is 14.3 Å². The van der Waals surface area contributed by atoms with Crippen LogP contribution in [-0.4, -0.2) is 34.9 Å². The van der Waals surface area contributed by atoms with Crippen molar-refractivity contribution in [3.63, 3.8) is 0 Å². The van der Waals surface area contributed by atoms with Crippen molar-refractivity contribution in [2.45, 2.75) is 19.4 Å². The van der Waals surface area contributed by atoms with Gasteiger partial charge in [-0.25, -0.2) is 4.39 Å². The Balaban J connectivity index is 1.55. The first-order chi connectivity index (χ1) is 14.7. The van der Waals surface area contributed by atoms with Crippen molar-refractivity contribution in [1.29, 1.82) is 0 Å². The number of carbonyl (C=O) groups excluding carboxylic acids is 1. The molecule has 6 nitrogen and oxygen atoms in total. The highest BCUT2D eigenvalue weighted by Gasteiger charge is 2.28. The number of nitrogens with zero attached hydrogens (tertiary/aromatic N) is 2. The zero-order valence-electron chi connectivity index (χ0n) is 16.9. The summed E-state index contributed by atoms with van der Waals surface area (Å²) in [5, 5.41) is 10.3. The highest BCUT2D eigenvalue weighted by Crippen LogP contribution is 2.33. The summed E-state index contributed by atoms with van der Waals surface area (Å²) in [4.78, 5) is 18.6. The number of hydrogen-bond donors (Lipinski definition) is 1.